The Morgan fingerprint density at radius 1 is 1.25 bits per heavy atom. The average molecular weight is 392 g/mol. The maximum Gasteiger partial charge on any atom is 0.269 e. The lowest BCUT2D eigenvalue weighted by atomic mass is 10.1. The van der Waals surface area contributed by atoms with Gasteiger partial charge in [-0.2, -0.15) is 0 Å². The van der Waals surface area contributed by atoms with Crippen molar-refractivity contribution in [3.8, 4) is 11.3 Å². The van der Waals surface area contributed by atoms with Gasteiger partial charge in [0.05, 0.1) is 17.0 Å². The Morgan fingerprint density at radius 2 is 2.04 bits per heavy atom. The van der Waals surface area contributed by atoms with E-state index >= 15 is 0 Å². The minimum absolute atomic E-state index is 0.00655. The standard InChI is InChI=1S/C20H16N4O3S/c1-13-12-28-20-22-18(11-23(13)20)15-3-2-4-16(10-15)21-19(25)9-14-5-7-17(8-6-14)24(26)27/h2-8,10-12H,9H2,1H3,(H,21,25). The van der Waals surface area contributed by atoms with Crippen molar-refractivity contribution < 1.29 is 9.72 Å². The maximum absolute atomic E-state index is 12.3. The van der Waals surface area contributed by atoms with Crippen LogP contribution in [0.2, 0.25) is 0 Å². The SMILES string of the molecule is Cc1csc2nc(-c3cccc(NC(=O)Cc4ccc([N+](=O)[O-])cc4)c3)cn12. The molecule has 2 heterocycles. The Hall–Kier alpha value is -3.52. The molecule has 1 N–H and O–H groups in total. The Kier molecular flexibility index (Phi) is 4.62. The van der Waals surface area contributed by atoms with Crippen LogP contribution < -0.4 is 5.32 Å². The number of imidazole rings is 1. The van der Waals surface area contributed by atoms with Crippen LogP contribution in [0.4, 0.5) is 11.4 Å². The minimum atomic E-state index is -0.461. The number of nitrogens with zero attached hydrogens (tertiary/aromatic N) is 3. The second-order valence-electron chi connectivity index (χ2n) is 6.39. The predicted molar refractivity (Wildman–Crippen MR) is 109 cm³/mol. The number of nitro benzene ring substituents is 1. The number of rotatable bonds is 5. The lowest BCUT2D eigenvalue weighted by Gasteiger charge is -2.07. The molecule has 2 aromatic heterocycles. The van der Waals surface area contributed by atoms with E-state index in [1.54, 1.807) is 23.5 Å². The number of benzene rings is 2. The molecule has 4 rings (SSSR count). The number of anilines is 1. The van der Waals surface area contributed by atoms with E-state index in [0.29, 0.717) is 11.3 Å². The highest BCUT2D eigenvalue weighted by atomic mass is 32.1. The summed E-state index contributed by atoms with van der Waals surface area (Å²) in [7, 11) is 0. The van der Waals surface area contributed by atoms with Crippen molar-refractivity contribution >= 4 is 33.6 Å². The number of nitro groups is 1. The third-order valence-electron chi connectivity index (χ3n) is 4.34. The van der Waals surface area contributed by atoms with Crippen LogP contribution in [0.5, 0.6) is 0 Å². The number of fused-ring (bicyclic) bond motifs is 1. The normalized spacial score (nSPS) is 10.9. The zero-order valence-electron chi connectivity index (χ0n) is 15.0. The second-order valence-corrected chi connectivity index (χ2v) is 7.22. The van der Waals surface area contributed by atoms with Gasteiger partial charge >= 0.3 is 0 Å². The highest BCUT2D eigenvalue weighted by Gasteiger charge is 2.10. The van der Waals surface area contributed by atoms with Gasteiger partial charge in [0.25, 0.3) is 5.69 Å². The van der Waals surface area contributed by atoms with E-state index in [1.165, 1.54) is 12.1 Å². The monoisotopic (exact) mass is 392 g/mol. The van der Waals surface area contributed by atoms with Crippen LogP contribution >= 0.6 is 11.3 Å². The Morgan fingerprint density at radius 3 is 2.75 bits per heavy atom. The summed E-state index contributed by atoms with van der Waals surface area (Å²) in [6, 6.07) is 13.5. The fourth-order valence-electron chi connectivity index (χ4n) is 2.92. The molecule has 0 aliphatic heterocycles. The molecule has 0 saturated heterocycles. The highest BCUT2D eigenvalue weighted by molar-refractivity contribution is 7.15. The van der Waals surface area contributed by atoms with Gasteiger partial charge in [-0.05, 0) is 24.6 Å². The van der Waals surface area contributed by atoms with Crippen molar-refractivity contribution in [2.24, 2.45) is 0 Å². The van der Waals surface area contributed by atoms with Crippen molar-refractivity contribution in [3.05, 3.63) is 81.5 Å². The summed E-state index contributed by atoms with van der Waals surface area (Å²) in [6.07, 6.45) is 2.13. The largest absolute Gasteiger partial charge is 0.326 e. The van der Waals surface area contributed by atoms with Crippen LogP contribution in [0.15, 0.2) is 60.1 Å². The fraction of sp³-hybridized carbons (Fsp3) is 0.100. The molecule has 1 amide bonds. The smallest absolute Gasteiger partial charge is 0.269 e. The summed E-state index contributed by atoms with van der Waals surface area (Å²) in [5, 5.41) is 15.6. The van der Waals surface area contributed by atoms with Crippen molar-refractivity contribution in [2.45, 2.75) is 13.3 Å². The molecule has 0 aliphatic rings. The maximum atomic E-state index is 12.3. The minimum Gasteiger partial charge on any atom is -0.326 e. The van der Waals surface area contributed by atoms with Crippen molar-refractivity contribution in [2.75, 3.05) is 5.32 Å². The van der Waals surface area contributed by atoms with Gasteiger partial charge in [0.1, 0.15) is 0 Å². The summed E-state index contributed by atoms with van der Waals surface area (Å²) in [5.41, 5.74) is 4.30. The molecule has 2 aromatic carbocycles. The topological polar surface area (TPSA) is 89.5 Å². The molecular formula is C20H16N4O3S. The van der Waals surface area contributed by atoms with E-state index in [9.17, 15) is 14.9 Å². The zero-order valence-corrected chi connectivity index (χ0v) is 15.8. The van der Waals surface area contributed by atoms with E-state index in [0.717, 1.165) is 21.9 Å². The van der Waals surface area contributed by atoms with Crippen molar-refractivity contribution in [1.82, 2.24) is 9.38 Å². The van der Waals surface area contributed by atoms with Crippen LogP contribution in [0.25, 0.3) is 16.2 Å². The number of carbonyl (C=O) groups is 1. The van der Waals surface area contributed by atoms with Gasteiger partial charge in [-0.25, -0.2) is 4.98 Å². The molecule has 0 atom stereocenters. The number of aromatic nitrogens is 2. The Balaban J connectivity index is 1.48. The average Bonchev–Trinajstić information content (AvgIpc) is 3.24. The van der Waals surface area contributed by atoms with E-state index < -0.39 is 4.92 Å². The molecule has 0 saturated carbocycles. The summed E-state index contributed by atoms with van der Waals surface area (Å²) in [5.74, 6) is -0.187. The third kappa shape index (κ3) is 3.63. The van der Waals surface area contributed by atoms with Gasteiger partial charge < -0.3 is 5.32 Å². The number of thiazole rings is 1. The lowest BCUT2D eigenvalue weighted by molar-refractivity contribution is -0.384. The molecular weight excluding hydrogens is 376 g/mol. The quantitative estimate of drug-likeness (QED) is 0.401. The first-order valence-corrected chi connectivity index (χ1v) is 9.44. The first-order chi connectivity index (χ1) is 13.5. The Bertz CT molecular complexity index is 1180. The number of carbonyl (C=O) groups excluding carboxylic acids is 1. The van der Waals surface area contributed by atoms with Crippen LogP contribution in [-0.4, -0.2) is 20.2 Å². The molecule has 28 heavy (non-hydrogen) atoms. The molecule has 8 heteroatoms. The van der Waals surface area contributed by atoms with E-state index in [4.69, 9.17) is 0 Å². The molecule has 140 valence electrons. The fourth-order valence-corrected chi connectivity index (χ4v) is 3.77. The van der Waals surface area contributed by atoms with Gasteiger partial charge in [-0.1, -0.05) is 24.3 Å². The van der Waals surface area contributed by atoms with Gasteiger partial charge in [-0.3, -0.25) is 19.3 Å². The lowest BCUT2D eigenvalue weighted by Crippen LogP contribution is -2.14. The molecule has 0 unspecified atom stereocenters. The van der Waals surface area contributed by atoms with Crippen molar-refractivity contribution in [1.29, 1.82) is 0 Å². The number of non-ortho nitro benzene ring substituents is 1. The van der Waals surface area contributed by atoms with Gasteiger partial charge in [-0.15, -0.1) is 11.3 Å². The van der Waals surface area contributed by atoms with Gasteiger partial charge in [0.2, 0.25) is 5.91 Å². The molecule has 4 aromatic rings. The van der Waals surface area contributed by atoms with Crippen LogP contribution in [0.1, 0.15) is 11.3 Å². The first-order valence-electron chi connectivity index (χ1n) is 8.56. The second kappa shape index (κ2) is 7.24. The van der Waals surface area contributed by atoms with Crippen LogP contribution in [-0.2, 0) is 11.2 Å². The highest BCUT2D eigenvalue weighted by Crippen LogP contribution is 2.25. The summed E-state index contributed by atoms with van der Waals surface area (Å²) in [6.45, 7) is 2.03. The molecule has 0 radical (unpaired) electrons. The molecule has 0 bridgehead atoms. The molecule has 7 nitrogen and oxygen atoms in total. The Labute approximate surface area is 164 Å². The van der Waals surface area contributed by atoms with E-state index in [2.05, 4.69) is 15.7 Å². The van der Waals surface area contributed by atoms with E-state index in [1.807, 2.05) is 41.8 Å². The summed E-state index contributed by atoms with van der Waals surface area (Å²) >= 11 is 1.59. The number of aryl methyl sites for hydroxylation is 1. The summed E-state index contributed by atoms with van der Waals surface area (Å²) in [4.78, 5) is 28.1. The van der Waals surface area contributed by atoms with E-state index in [-0.39, 0.29) is 18.0 Å². The van der Waals surface area contributed by atoms with Gasteiger partial charge in [0.15, 0.2) is 4.96 Å². The van der Waals surface area contributed by atoms with Crippen molar-refractivity contribution in [3.63, 3.8) is 0 Å². The molecule has 0 spiro atoms. The molecule has 0 fully saturated rings. The number of hydrogen-bond donors (Lipinski definition) is 1. The zero-order chi connectivity index (χ0) is 19.7. The van der Waals surface area contributed by atoms with Crippen LogP contribution in [0, 0.1) is 17.0 Å². The summed E-state index contributed by atoms with van der Waals surface area (Å²) < 4.78 is 2.04. The third-order valence-corrected chi connectivity index (χ3v) is 5.30. The van der Waals surface area contributed by atoms with Crippen LogP contribution in [0.3, 0.4) is 0 Å². The first kappa shape index (κ1) is 17.9. The molecule has 0 aliphatic carbocycles. The number of hydrogen-bond acceptors (Lipinski definition) is 5. The number of nitrogens with one attached hydrogen (secondary N) is 1. The van der Waals surface area contributed by atoms with Gasteiger partial charge in [0, 0.05) is 40.7 Å². The number of amides is 1. The predicted octanol–water partition coefficient (Wildman–Crippen LogP) is 4.46.